The Balaban J connectivity index is 1.40. The number of rotatable bonds is 8. The Labute approximate surface area is 214 Å². The number of hydrogen-bond acceptors (Lipinski definition) is 8. The van der Waals surface area contributed by atoms with Crippen LogP contribution in [0.1, 0.15) is 21.7 Å². The van der Waals surface area contributed by atoms with Crippen LogP contribution in [0.5, 0.6) is 0 Å². The molecule has 0 unspecified atom stereocenters. The molecule has 0 spiro atoms. The van der Waals surface area contributed by atoms with Crippen LogP contribution in [-0.2, 0) is 24.9 Å². The Morgan fingerprint density at radius 2 is 1.97 bits per heavy atom. The van der Waals surface area contributed by atoms with Gasteiger partial charge in [-0.05, 0) is 30.8 Å². The molecule has 0 aliphatic heterocycles. The first-order valence-corrected chi connectivity index (χ1v) is 12.0. The van der Waals surface area contributed by atoms with Crippen LogP contribution in [0.15, 0.2) is 53.9 Å². The zero-order chi connectivity index (χ0) is 25.8. The topological polar surface area (TPSA) is 137 Å². The molecule has 0 saturated carbocycles. The fourth-order valence-electron chi connectivity index (χ4n) is 3.41. The van der Waals surface area contributed by atoms with E-state index in [1.54, 1.807) is 41.3 Å². The monoisotopic (exact) mass is 523 g/mol. The predicted molar refractivity (Wildman–Crippen MR) is 137 cm³/mol. The van der Waals surface area contributed by atoms with E-state index in [9.17, 15) is 19.7 Å². The van der Waals surface area contributed by atoms with Crippen molar-refractivity contribution in [1.29, 1.82) is 0 Å². The fraction of sp³-hybridized carbons (Fsp3) is 0.174. The summed E-state index contributed by atoms with van der Waals surface area (Å²) in [4.78, 5) is 40.0. The number of nitro groups is 1. The number of aromatic nitrogens is 4. The van der Waals surface area contributed by atoms with Gasteiger partial charge in [0, 0.05) is 35.7 Å². The minimum Gasteiger partial charge on any atom is -0.345 e. The second-order valence-corrected chi connectivity index (χ2v) is 9.03. The standard InChI is InChI=1S/C23H21N7O4S2/c1-14-6-3-4-9-17(14)21(32)24-11-19-27-29(23(35)28(19)2)12-20(31)26-22-25-18(13-36-22)15-7-5-8-16(10-15)30(33)34/h3-10,13H,11-12H2,1-2H3,(H,24,32)(H,25,26,31). The van der Waals surface area contributed by atoms with Crippen molar-refractivity contribution in [2.75, 3.05) is 5.32 Å². The number of aryl methyl sites for hydroxylation is 1. The number of benzene rings is 2. The molecule has 0 bridgehead atoms. The van der Waals surface area contributed by atoms with E-state index in [2.05, 4.69) is 20.7 Å². The Morgan fingerprint density at radius 3 is 2.72 bits per heavy atom. The molecule has 0 aliphatic rings. The van der Waals surface area contributed by atoms with Crippen LogP contribution in [0.4, 0.5) is 10.8 Å². The lowest BCUT2D eigenvalue weighted by Gasteiger charge is -2.06. The molecule has 0 radical (unpaired) electrons. The van der Waals surface area contributed by atoms with Gasteiger partial charge in [0.2, 0.25) is 5.91 Å². The number of hydrogen-bond donors (Lipinski definition) is 2. The van der Waals surface area contributed by atoms with Gasteiger partial charge in [-0.3, -0.25) is 19.7 Å². The summed E-state index contributed by atoms with van der Waals surface area (Å²) >= 11 is 6.59. The summed E-state index contributed by atoms with van der Waals surface area (Å²) in [5.41, 5.74) is 2.48. The molecule has 11 nitrogen and oxygen atoms in total. The van der Waals surface area contributed by atoms with Crippen molar-refractivity contribution in [3.05, 3.63) is 85.7 Å². The first kappa shape index (κ1) is 24.9. The van der Waals surface area contributed by atoms with Crippen molar-refractivity contribution in [2.45, 2.75) is 20.0 Å². The van der Waals surface area contributed by atoms with Crippen LogP contribution in [0, 0.1) is 21.8 Å². The Hall–Kier alpha value is -4.23. The maximum atomic E-state index is 12.6. The molecule has 184 valence electrons. The maximum Gasteiger partial charge on any atom is 0.270 e. The highest BCUT2D eigenvalue weighted by Gasteiger charge is 2.15. The van der Waals surface area contributed by atoms with Crippen LogP contribution in [0.3, 0.4) is 0 Å². The molecule has 0 aliphatic carbocycles. The average Bonchev–Trinajstić information content (AvgIpc) is 3.43. The van der Waals surface area contributed by atoms with E-state index in [1.165, 1.54) is 28.2 Å². The van der Waals surface area contributed by atoms with Gasteiger partial charge < -0.3 is 15.2 Å². The number of thiazole rings is 1. The van der Waals surface area contributed by atoms with E-state index in [0.29, 0.717) is 32.5 Å². The lowest BCUT2D eigenvalue weighted by molar-refractivity contribution is -0.384. The van der Waals surface area contributed by atoms with Crippen LogP contribution < -0.4 is 10.6 Å². The van der Waals surface area contributed by atoms with Gasteiger partial charge >= 0.3 is 0 Å². The molecule has 4 rings (SSSR count). The molecule has 2 heterocycles. The third-order valence-electron chi connectivity index (χ3n) is 5.32. The zero-order valence-corrected chi connectivity index (χ0v) is 20.9. The highest BCUT2D eigenvalue weighted by atomic mass is 32.1. The van der Waals surface area contributed by atoms with Gasteiger partial charge in [0.25, 0.3) is 11.6 Å². The third-order valence-corrected chi connectivity index (χ3v) is 6.57. The summed E-state index contributed by atoms with van der Waals surface area (Å²) in [6.45, 7) is 1.85. The molecular weight excluding hydrogens is 502 g/mol. The first-order valence-electron chi connectivity index (χ1n) is 10.7. The highest BCUT2D eigenvalue weighted by molar-refractivity contribution is 7.71. The number of anilines is 1. The minimum absolute atomic E-state index is 0.0403. The number of non-ortho nitro benzene ring substituents is 1. The Morgan fingerprint density at radius 1 is 1.19 bits per heavy atom. The van der Waals surface area contributed by atoms with Gasteiger partial charge in [-0.2, -0.15) is 5.10 Å². The molecule has 0 fully saturated rings. The molecule has 0 atom stereocenters. The van der Waals surface area contributed by atoms with E-state index in [-0.39, 0.29) is 30.6 Å². The van der Waals surface area contributed by atoms with Gasteiger partial charge in [-0.15, -0.1) is 11.3 Å². The van der Waals surface area contributed by atoms with E-state index in [0.717, 1.165) is 5.56 Å². The lowest BCUT2D eigenvalue weighted by Crippen LogP contribution is -2.25. The van der Waals surface area contributed by atoms with Crippen LogP contribution in [0.2, 0.25) is 0 Å². The second-order valence-electron chi connectivity index (χ2n) is 7.81. The molecule has 36 heavy (non-hydrogen) atoms. The predicted octanol–water partition coefficient (Wildman–Crippen LogP) is 3.86. The van der Waals surface area contributed by atoms with Gasteiger partial charge in [0.1, 0.15) is 6.54 Å². The third kappa shape index (κ3) is 5.53. The average molecular weight is 524 g/mol. The van der Waals surface area contributed by atoms with Crippen molar-refractivity contribution < 1.29 is 14.5 Å². The number of nitrogens with one attached hydrogen (secondary N) is 2. The molecular formula is C23H21N7O4S2. The van der Waals surface area contributed by atoms with Crippen molar-refractivity contribution in [3.8, 4) is 11.3 Å². The molecule has 2 aromatic heterocycles. The summed E-state index contributed by atoms with van der Waals surface area (Å²) in [7, 11) is 1.71. The molecule has 13 heteroatoms. The largest absolute Gasteiger partial charge is 0.345 e. The molecule has 2 amide bonds. The number of nitro benzene ring substituents is 1. The Kier molecular flexibility index (Phi) is 7.31. The molecule has 2 N–H and O–H groups in total. The number of carbonyl (C=O) groups is 2. The first-order chi connectivity index (χ1) is 17.2. The second kappa shape index (κ2) is 10.6. The zero-order valence-electron chi connectivity index (χ0n) is 19.3. The molecule has 0 saturated heterocycles. The van der Waals surface area contributed by atoms with Gasteiger partial charge in [-0.25, -0.2) is 9.67 Å². The Bertz CT molecular complexity index is 1520. The summed E-state index contributed by atoms with van der Waals surface area (Å²) in [6, 6.07) is 13.4. The maximum absolute atomic E-state index is 12.6. The van der Waals surface area contributed by atoms with Crippen LogP contribution in [0.25, 0.3) is 11.3 Å². The van der Waals surface area contributed by atoms with Crippen molar-refractivity contribution in [1.82, 2.24) is 24.6 Å². The normalized spacial score (nSPS) is 10.7. The number of carbonyl (C=O) groups excluding carboxylic acids is 2. The van der Waals surface area contributed by atoms with E-state index in [4.69, 9.17) is 12.2 Å². The minimum atomic E-state index is -0.475. The van der Waals surface area contributed by atoms with Gasteiger partial charge in [0.15, 0.2) is 15.7 Å². The fourth-order valence-corrected chi connectivity index (χ4v) is 4.36. The van der Waals surface area contributed by atoms with Crippen molar-refractivity contribution in [3.63, 3.8) is 0 Å². The van der Waals surface area contributed by atoms with E-state index in [1.807, 2.05) is 19.1 Å². The SMILES string of the molecule is Cc1ccccc1C(=O)NCc1nn(CC(=O)Nc2nc(-c3cccc([N+](=O)[O-])c3)cs2)c(=S)n1C. The number of amides is 2. The molecule has 2 aromatic carbocycles. The number of nitrogens with zero attached hydrogens (tertiary/aromatic N) is 5. The lowest BCUT2D eigenvalue weighted by atomic mass is 10.1. The molecule has 4 aromatic rings. The smallest absolute Gasteiger partial charge is 0.270 e. The summed E-state index contributed by atoms with van der Waals surface area (Å²) < 4.78 is 3.32. The highest BCUT2D eigenvalue weighted by Crippen LogP contribution is 2.27. The summed E-state index contributed by atoms with van der Waals surface area (Å²) in [5, 5.41) is 23.0. The van der Waals surface area contributed by atoms with Crippen LogP contribution in [-0.4, -0.2) is 36.1 Å². The van der Waals surface area contributed by atoms with Crippen LogP contribution >= 0.6 is 23.6 Å². The van der Waals surface area contributed by atoms with Gasteiger partial charge in [0.05, 0.1) is 17.2 Å². The van der Waals surface area contributed by atoms with E-state index >= 15 is 0 Å². The van der Waals surface area contributed by atoms with Gasteiger partial charge in [-0.1, -0.05) is 30.3 Å². The van der Waals surface area contributed by atoms with Crippen molar-refractivity contribution >= 4 is 46.2 Å². The summed E-state index contributed by atoms with van der Waals surface area (Å²) in [5.74, 6) is -0.119. The summed E-state index contributed by atoms with van der Waals surface area (Å²) in [6.07, 6.45) is 0. The van der Waals surface area contributed by atoms with Crippen molar-refractivity contribution in [2.24, 2.45) is 7.05 Å². The van der Waals surface area contributed by atoms with E-state index < -0.39 is 4.92 Å². The quantitative estimate of drug-likeness (QED) is 0.203.